The third kappa shape index (κ3) is 11.3. The Morgan fingerprint density at radius 3 is 0.981 bits per heavy atom. The maximum atomic E-state index is 2.42. The van der Waals surface area contributed by atoms with Crippen molar-refractivity contribution in [3.05, 3.63) is 413 Å². The predicted octanol–water partition coefficient (Wildman–Crippen LogP) is 27.6. The molecule has 0 fully saturated rings. The van der Waals surface area contributed by atoms with E-state index < -0.39 is 0 Å². The van der Waals surface area contributed by atoms with Gasteiger partial charge in [-0.1, -0.05) is 285 Å². The molecule has 104 heavy (non-hydrogen) atoms. The second kappa shape index (κ2) is 26.4. The summed E-state index contributed by atoms with van der Waals surface area (Å²) in [6.07, 6.45) is 0. The van der Waals surface area contributed by atoms with Gasteiger partial charge in [0.1, 0.15) is 0 Å². The molecule has 4 heteroatoms. The number of benzene rings is 17. The van der Waals surface area contributed by atoms with Crippen molar-refractivity contribution >= 4 is 88.5 Å². The van der Waals surface area contributed by atoms with E-state index >= 15 is 0 Å². The third-order valence-electron chi connectivity index (χ3n) is 20.7. The van der Waals surface area contributed by atoms with Crippen molar-refractivity contribution in [2.75, 3.05) is 9.80 Å². The van der Waals surface area contributed by atoms with Crippen molar-refractivity contribution < 1.29 is 0 Å². The van der Waals surface area contributed by atoms with Gasteiger partial charge in [0.05, 0.1) is 22.1 Å². The summed E-state index contributed by atoms with van der Waals surface area (Å²) in [5.74, 6) is 0. The Morgan fingerprint density at radius 1 is 0.163 bits per heavy atom. The van der Waals surface area contributed by atoms with Crippen molar-refractivity contribution in [2.45, 2.75) is 0 Å². The lowest BCUT2D eigenvalue weighted by Gasteiger charge is -2.26. The fourth-order valence-electron chi connectivity index (χ4n) is 15.6. The largest absolute Gasteiger partial charge is 0.310 e. The molecular formula is C100H68N4. The first-order chi connectivity index (χ1) is 51.5. The minimum Gasteiger partial charge on any atom is -0.310 e. The Balaban J connectivity index is 0.599. The van der Waals surface area contributed by atoms with Crippen LogP contribution < -0.4 is 9.80 Å². The van der Waals surface area contributed by atoms with Crippen LogP contribution in [0.15, 0.2) is 413 Å². The summed E-state index contributed by atoms with van der Waals surface area (Å²) in [5.41, 5.74) is 29.9. The lowest BCUT2D eigenvalue weighted by Crippen LogP contribution is -2.10. The van der Waals surface area contributed by atoms with Gasteiger partial charge in [0.2, 0.25) is 0 Å². The summed E-state index contributed by atoms with van der Waals surface area (Å²) in [4.78, 5) is 4.76. The van der Waals surface area contributed by atoms with Gasteiger partial charge in [0.15, 0.2) is 0 Å². The molecule has 0 unspecified atom stereocenters. The molecule has 0 bridgehead atoms. The van der Waals surface area contributed by atoms with Crippen LogP contribution in [0, 0.1) is 0 Å². The van der Waals surface area contributed by atoms with Crippen LogP contribution in [0.25, 0.3) is 144 Å². The van der Waals surface area contributed by atoms with Gasteiger partial charge < -0.3 is 18.9 Å². The molecule has 0 amide bonds. The minimum absolute atomic E-state index is 1.07. The second-order valence-corrected chi connectivity index (χ2v) is 26.9. The molecule has 0 saturated carbocycles. The maximum absolute atomic E-state index is 2.42. The van der Waals surface area contributed by atoms with Crippen LogP contribution in [-0.2, 0) is 0 Å². The second-order valence-electron chi connectivity index (χ2n) is 26.9. The minimum atomic E-state index is 1.07. The van der Waals surface area contributed by atoms with Crippen LogP contribution in [0.4, 0.5) is 34.1 Å². The molecule has 0 aliphatic rings. The van der Waals surface area contributed by atoms with Gasteiger partial charge in [-0.15, -0.1) is 0 Å². The van der Waals surface area contributed by atoms with Gasteiger partial charge in [-0.25, -0.2) is 0 Å². The first-order valence-electron chi connectivity index (χ1n) is 35.7. The van der Waals surface area contributed by atoms with E-state index in [1.54, 1.807) is 0 Å². The van der Waals surface area contributed by atoms with Crippen molar-refractivity contribution in [3.63, 3.8) is 0 Å². The highest BCUT2D eigenvalue weighted by Crippen LogP contribution is 2.45. The first-order valence-corrected chi connectivity index (χ1v) is 35.7. The summed E-state index contributed by atoms with van der Waals surface area (Å²) in [6, 6.07) is 150. The number of hydrogen-bond acceptors (Lipinski definition) is 2. The Kier molecular flexibility index (Phi) is 15.5. The van der Waals surface area contributed by atoms with E-state index in [1.807, 2.05) is 0 Å². The standard InChI is InChI=1S/C100H68N4/c1-4-19-69(20-5-1)72-43-54-85(55-44-72)101(90-28-17-25-83(68-90)92-32-18-33-96-95-31-12-15-36-99(95)104(100(92)96)84-26-8-3-9-27-84)86-58-47-74(48-59-86)71-37-39-75(40-38-71)78-23-16-24-79(65-78)76-49-60-88(61-50-76)102(87-56-45-73(46-57-87)70-21-6-2-7-22-70)91-64-53-81-66-80(41-42-82(81)67-91)77-51-62-89(63-52-77)103-97-34-13-10-29-93(97)94-30-11-14-35-98(94)103/h1-68H. The number of rotatable bonds is 15. The Labute approximate surface area is 605 Å². The first kappa shape index (κ1) is 61.3. The van der Waals surface area contributed by atoms with E-state index in [-0.39, 0.29) is 0 Å². The van der Waals surface area contributed by atoms with Gasteiger partial charge in [-0.3, -0.25) is 0 Å². The maximum Gasteiger partial charge on any atom is 0.0619 e. The Morgan fingerprint density at radius 2 is 0.471 bits per heavy atom. The highest BCUT2D eigenvalue weighted by atomic mass is 15.1. The van der Waals surface area contributed by atoms with Gasteiger partial charge in [-0.2, -0.15) is 0 Å². The number of para-hydroxylation sites is 5. The number of hydrogen-bond donors (Lipinski definition) is 0. The molecule has 17 aromatic carbocycles. The van der Waals surface area contributed by atoms with Crippen molar-refractivity contribution in [2.24, 2.45) is 0 Å². The average Bonchev–Trinajstić information content (AvgIpc) is 1.53. The van der Waals surface area contributed by atoms with E-state index in [0.29, 0.717) is 0 Å². The molecule has 0 N–H and O–H groups in total. The SMILES string of the molecule is c1ccc(-c2ccc(N(c3ccc(-c4ccc(-c5cccc(-c6ccc(N(c7ccc(-c8ccccc8)cc7)c7ccc8cc(-c9ccc(-n%10c%11ccccc%11c%11ccccc%11%10)cc9)ccc8c7)cc6)c5)cc4)cc3)c3cccc(-c4cccc5c6ccccc6n(-c6ccccc6)c45)c3)cc2)cc1. The lowest BCUT2D eigenvalue weighted by molar-refractivity contribution is 1.18. The molecular weight excluding hydrogens is 1260 g/mol. The number of anilines is 6. The highest BCUT2D eigenvalue weighted by molar-refractivity contribution is 6.14. The number of fused-ring (bicyclic) bond motifs is 7. The summed E-state index contributed by atoms with van der Waals surface area (Å²) in [6.45, 7) is 0. The van der Waals surface area contributed by atoms with Crippen LogP contribution in [-0.4, -0.2) is 9.13 Å². The molecule has 19 rings (SSSR count). The van der Waals surface area contributed by atoms with Gasteiger partial charge in [0, 0.05) is 72.6 Å². The predicted molar refractivity (Wildman–Crippen MR) is 440 cm³/mol. The van der Waals surface area contributed by atoms with Crippen molar-refractivity contribution in [1.29, 1.82) is 0 Å². The molecule has 0 aliphatic carbocycles. The fraction of sp³-hybridized carbons (Fsp3) is 0. The fourth-order valence-corrected chi connectivity index (χ4v) is 15.6. The van der Waals surface area contributed by atoms with E-state index in [1.165, 1.54) is 98.9 Å². The normalized spacial score (nSPS) is 11.5. The molecule has 0 saturated heterocycles. The number of nitrogens with zero attached hydrogens (tertiary/aromatic N) is 4. The molecule has 0 radical (unpaired) electrons. The zero-order valence-corrected chi connectivity index (χ0v) is 57.0. The molecule has 0 aliphatic heterocycles. The quantitative estimate of drug-likeness (QED) is 0.102. The van der Waals surface area contributed by atoms with Crippen LogP contribution >= 0.6 is 0 Å². The number of aromatic nitrogens is 2. The molecule has 2 aromatic heterocycles. The van der Waals surface area contributed by atoms with Crippen LogP contribution in [0.5, 0.6) is 0 Å². The van der Waals surface area contributed by atoms with Gasteiger partial charge >= 0.3 is 0 Å². The van der Waals surface area contributed by atoms with Crippen LogP contribution in [0.1, 0.15) is 0 Å². The summed E-state index contributed by atoms with van der Waals surface area (Å²) >= 11 is 0. The van der Waals surface area contributed by atoms with E-state index in [2.05, 4.69) is 431 Å². The topological polar surface area (TPSA) is 16.3 Å². The molecule has 4 nitrogen and oxygen atoms in total. The average molecular weight is 1330 g/mol. The van der Waals surface area contributed by atoms with Crippen molar-refractivity contribution in [1.82, 2.24) is 9.13 Å². The van der Waals surface area contributed by atoms with E-state index in [0.717, 1.165) is 78.9 Å². The van der Waals surface area contributed by atoms with Gasteiger partial charge in [0.25, 0.3) is 0 Å². The monoisotopic (exact) mass is 1320 g/mol. The smallest absolute Gasteiger partial charge is 0.0619 e. The highest BCUT2D eigenvalue weighted by Gasteiger charge is 2.21. The molecule has 19 aromatic rings. The molecule has 488 valence electrons. The zero-order chi connectivity index (χ0) is 68.9. The van der Waals surface area contributed by atoms with Crippen LogP contribution in [0.2, 0.25) is 0 Å². The molecule has 0 atom stereocenters. The van der Waals surface area contributed by atoms with Gasteiger partial charge in [-0.05, 0) is 210 Å². The van der Waals surface area contributed by atoms with E-state index in [4.69, 9.17) is 0 Å². The Bertz CT molecular complexity index is 6280. The van der Waals surface area contributed by atoms with Crippen LogP contribution in [0.3, 0.4) is 0 Å². The lowest BCUT2D eigenvalue weighted by atomic mass is 9.96. The Hall–Kier alpha value is -13.8. The molecule has 2 heterocycles. The van der Waals surface area contributed by atoms with E-state index in [9.17, 15) is 0 Å². The third-order valence-corrected chi connectivity index (χ3v) is 20.7. The summed E-state index contributed by atoms with van der Waals surface area (Å²) < 4.78 is 4.80. The molecule has 0 spiro atoms. The van der Waals surface area contributed by atoms with Crippen molar-refractivity contribution in [3.8, 4) is 89.3 Å². The zero-order valence-electron chi connectivity index (χ0n) is 57.0. The summed E-state index contributed by atoms with van der Waals surface area (Å²) in [7, 11) is 0. The summed E-state index contributed by atoms with van der Waals surface area (Å²) in [5, 5.41) is 7.36.